The highest BCUT2D eigenvalue weighted by Gasteiger charge is 2.39. The van der Waals surface area contributed by atoms with Crippen molar-refractivity contribution in [2.45, 2.75) is 20.0 Å². The highest BCUT2D eigenvalue weighted by atomic mass is 127. The van der Waals surface area contributed by atoms with E-state index < -0.39 is 5.97 Å². The van der Waals surface area contributed by atoms with Crippen LogP contribution >= 0.6 is 30.1 Å². The first-order valence-corrected chi connectivity index (χ1v) is 10.1. The van der Waals surface area contributed by atoms with Gasteiger partial charge in [-0.3, -0.25) is 14.5 Å². The number of nitrogens with zero attached hydrogens (tertiary/aromatic N) is 1. The molecular formula is C14H12INO5S. The summed E-state index contributed by atoms with van der Waals surface area (Å²) in [4.78, 5) is 36.4. The lowest BCUT2D eigenvalue weighted by Crippen LogP contribution is -2.25. The van der Waals surface area contributed by atoms with Gasteiger partial charge >= 0.3 is 5.97 Å². The summed E-state index contributed by atoms with van der Waals surface area (Å²) in [7, 11) is 1.59. The summed E-state index contributed by atoms with van der Waals surface area (Å²) in [6, 6.07) is 0. The van der Waals surface area contributed by atoms with Gasteiger partial charge in [0.15, 0.2) is 0 Å². The number of imide groups is 1. The summed E-state index contributed by atoms with van der Waals surface area (Å²) in [5.41, 5.74) is 2.96. The molecule has 2 amide bonds. The Hall–Kier alpha value is -1.29. The van der Waals surface area contributed by atoms with Crippen LogP contribution in [0.2, 0.25) is 0 Å². The van der Waals surface area contributed by atoms with Gasteiger partial charge in [0.05, 0.1) is 18.7 Å². The third-order valence-corrected chi connectivity index (χ3v) is 5.44. The Morgan fingerprint density at radius 3 is 2.86 bits per heavy atom. The van der Waals surface area contributed by atoms with E-state index in [1.54, 1.807) is 15.9 Å². The molecule has 2 aliphatic rings. The Balaban J connectivity index is 2.18. The number of rotatable bonds is 5. The number of fused-ring (bicyclic) bond motifs is 2. The summed E-state index contributed by atoms with van der Waals surface area (Å²) >= 11 is 2.16. The van der Waals surface area contributed by atoms with E-state index in [2.05, 4.69) is 21.2 Å². The zero-order chi connectivity index (χ0) is 15.9. The molecule has 0 spiro atoms. The van der Waals surface area contributed by atoms with Crippen molar-refractivity contribution in [1.82, 2.24) is 0 Å². The van der Waals surface area contributed by atoms with Crippen molar-refractivity contribution in [1.29, 1.82) is 0 Å². The van der Waals surface area contributed by atoms with Crippen LogP contribution in [0.25, 0.3) is 0 Å². The summed E-state index contributed by atoms with van der Waals surface area (Å²) in [5.74, 6) is 0.396. The molecule has 2 aliphatic heterocycles. The van der Waals surface area contributed by atoms with Crippen LogP contribution in [0, 0.1) is 6.92 Å². The molecule has 22 heavy (non-hydrogen) atoms. The van der Waals surface area contributed by atoms with Gasteiger partial charge in [-0.15, -0.1) is 0 Å². The van der Waals surface area contributed by atoms with Gasteiger partial charge in [0.1, 0.15) is 17.9 Å². The van der Waals surface area contributed by atoms with E-state index >= 15 is 0 Å². The number of carbonyl (C=O) groups excluding carboxylic acids is 3. The van der Waals surface area contributed by atoms with E-state index in [-0.39, 0.29) is 18.9 Å². The smallest absolute Gasteiger partial charge is 0.342 e. The molecule has 116 valence electrons. The minimum Gasteiger partial charge on any atom is -0.491 e. The van der Waals surface area contributed by atoms with Crippen molar-refractivity contribution in [2.24, 2.45) is 0 Å². The van der Waals surface area contributed by atoms with E-state index in [0.29, 0.717) is 41.1 Å². The van der Waals surface area contributed by atoms with Gasteiger partial charge in [-0.2, -0.15) is 0 Å². The van der Waals surface area contributed by atoms with Crippen LogP contribution in [0.5, 0.6) is 5.75 Å². The van der Waals surface area contributed by atoms with Gasteiger partial charge in [-0.25, -0.2) is 4.79 Å². The zero-order valence-corrected chi connectivity index (χ0v) is 14.7. The van der Waals surface area contributed by atoms with Crippen LogP contribution in [0.15, 0.2) is 0 Å². The second kappa shape index (κ2) is 6.07. The Kier molecular flexibility index (Phi) is 4.31. The lowest BCUT2D eigenvalue weighted by molar-refractivity contribution is -0.120. The highest BCUT2D eigenvalue weighted by Crippen LogP contribution is 2.45. The van der Waals surface area contributed by atoms with Crippen LogP contribution in [0.4, 0.5) is 5.69 Å². The number of halogens is 1. The number of carbonyl (C=O) groups is 3. The maximum Gasteiger partial charge on any atom is 0.342 e. The van der Waals surface area contributed by atoms with Crippen molar-refractivity contribution in [3.8, 4) is 5.75 Å². The van der Waals surface area contributed by atoms with Crippen molar-refractivity contribution in [3.05, 3.63) is 22.3 Å². The second-order valence-electron chi connectivity index (χ2n) is 4.92. The summed E-state index contributed by atoms with van der Waals surface area (Å²) in [6.07, 6.45) is 0.567. The fourth-order valence-electron chi connectivity index (χ4n) is 2.86. The first kappa shape index (κ1) is 15.6. The van der Waals surface area contributed by atoms with Gasteiger partial charge in [0.2, 0.25) is 12.3 Å². The second-order valence-corrected chi connectivity index (χ2v) is 7.41. The molecule has 1 aromatic rings. The van der Waals surface area contributed by atoms with Crippen molar-refractivity contribution < 1.29 is 23.9 Å². The van der Waals surface area contributed by atoms with E-state index in [1.165, 1.54) is 0 Å². The average Bonchev–Trinajstić information content (AvgIpc) is 3.03. The zero-order valence-electron chi connectivity index (χ0n) is 11.7. The van der Waals surface area contributed by atoms with Gasteiger partial charge in [-0.1, -0.05) is 8.93 Å². The molecule has 0 bridgehead atoms. The minimum absolute atomic E-state index is 0.0577. The van der Waals surface area contributed by atoms with Crippen molar-refractivity contribution >= 4 is 54.1 Å². The summed E-state index contributed by atoms with van der Waals surface area (Å²) < 4.78 is 10.9. The number of amides is 2. The molecule has 0 unspecified atom stereocenters. The van der Waals surface area contributed by atoms with Crippen LogP contribution < -0.4 is 9.64 Å². The number of benzene rings is 1. The Morgan fingerprint density at radius 1 is 1.41 bits per heavy atom. The van der Waals surface area contributed by atoms with Crippen molar-refractivity contribution in [2.75, 3.05) is 17.3 Å². The van der Waals surface area contributed by atoms with E-state index in [0.717, 1.165) is 16.2 Å². The number of hydrogen-bond acceptors (Lipinski definition) is 6. The standard InChI is InChI=1S/C14H12INO5S/c1-7-9-5-21-14(19)11(9)13(20-2-3-22-15)8-4-10(18)16(6-17)12(7)8/h6H,2-5H2,1H3. The van der Waals surface area contributed by atoms with Crippen LogP contribution in [-0.2, 0) is 27.4 Å². The molecule has 0 aromatic heterocycles. The SMILES string of the molecule is Cc1c2c(c(OCCSI)c3c1N(C=O)C(=O)C3)C(=O)OC2. The Labute approximate surface area is 143 Å². The van der Waals surface area contributed by atoms with Gasteiger partial charge in [0, 0.05) is 16.9 Å². The largest absolute Gasteiger partial charge is 0.491 e. The normalized spacial score (nSPS) is 15.6. The average molecular weight is 433 g/mol. The van der Waals surface area contributed by atoms with E-state index in [9.17, 15) is 14.4 Å². The molecule has 0 fully saturated rings. The predicted molar refractivity (Wildman–Crippen MR) is 89.5 cm³/mol. The quantitative estimate of drug-likeness (QED) is 0.307. The lowest BCUT2D eigenvalue weighted by Gasteiger charge is -2.17. The van der Waals surface area contributed by atoms with Crippen LogP contribution in [0.1, 0.15) is 27.0 Å². The first-order valence-electron chi connectivity index (χ1n) is 6.59. The van der Waals surface area contributed by atoms with Gasteiger partial charge in [-0.05, 0) is 33.7 Å². The number of esters is 1. The molecule has 0 radical (unpaired) electrons. The highest BCUT2D eigenvalue weighted by molar-refractivity contribution is 14.2. The molecule has 8 heteroatoms. The maximum atomic E-state index is 12.0. The van der Waals surface area contributed by atoms with E-state index in [4.69, 9.17) is 9.47 Å². The molecule has 3 rings (SSSR count). The minimum atomic E-state index is -0.435. The maximum absolute atomic E-state index is 12.0. The number of hydrogen-bond donors (Lipinski definition) is 0. The number of ether oxygens (including phenoxy) is 2. The van der Waals surface area contributed by atoms with E-state index in [1.807, 2.05) is 0 Å². The molecule has 6 nitrogen and oxygen atoms in total. The molecule has 0 atom stereocenters. The third kappa shape index (κ3) is 2.28. The molecule has 0 saturated heterocycles. The fourth-order valence-corrected chi connectivity index (χ4v) is 3.54. The molecule has 0 saturated carbocycles. The Bertz CT molecular complexity index is 691. The summed E-state index contributed by atoms with van der Waals surface area (Å²) in [5, 5.41) is 0. The fraction of sp³-hybridized carbons (Fsp3) is 0.357. The summed E-state index contributed by atoms with van der Waals surface area (Å²) in [6.45, 7) is 2.35. The number of anilines is 1. The first-order chi connectivity index (χ1) is 10.6. The molecule has 0 N–H and O–H groups in total. The van der Waals surface area contributed by atoms with Gasteiger partial charge in [0.25, 0.3) is 0 Å². The topological polar surface area (TPSA) is 72.9 Å². The van der Waals surface area contributed by atoms with Crippen molar-refractivity contribution in [3.63, 3.8) is 0 Å². The third-order valence-electron chi connectivity index (χ3n) is 3.80. The number of cyclic esters (lactones) is 1. The van der Waals surface area contributed by atoms with Crippen LogP contribution in [0.3, 0.4) is 0 Å². The molecule has 2 heterocycles. The molecule has 0 aliphatic carbocycles. The molecule has 1 aromatic carbocycles. The lowest BCUT2D eigenvalue weighted by atomic mass is 9.96. The molecular weight excluding hydrogens is 421 g/mol. The monoisotopic (exact) mass is 433 g/mol. The van der Waals surface area contributed by atoms with Crippen LogP contribution in [-0.4, -0.2) is 30.6 Å². The predicted octanol–water partition coefficient (Wildman–Crippen LogP) is 2.17. The Morgan fingerprint density at radius 2 is 2.18 bits per heavy atom. The van der Waals surface area contributed by atoms with Gasteiger partial charge < -0.3 is 9.47 Å².